The molecule has 1 fully saturated rings. The van der Waals surface area contributed by atoms with Gasteiger partial charge in [-0.1, -0.05) is 63.4 Å². The minimum atomic E-state index is -0.407. The summed E-state index contributed by atoms with van der Waals surface area (Å²) in [6.07, 6.45) is 7.42. The molecule has 3 nitrogen and oxygen atoms in total. The van der Waals surface area contributed by atoms with Gasteiger partial charge in [0, 0.05) is 16.9 Å². The van der Waals surface area contributed by atoms with Crippen molar-refractivity contribution >= 4 is 11.8 Å². The highest BCUT2D eigenvalue weighted by Crippen LogP contribution is 2.41. The summed E-state index contributed by atoms with van der Waals surface area (Å²) in [4.78, 5) is 12.8. The summed E-state index contributed by atoms with van der Waals surface area (Å²) in [6.45, 7) is 4.32. The predicted molar refractivity (Wildman–Crippen MR) is 113 cm³/mol. The minimum absolute atomic E-state index is 0.0204. The van der Waals surface area contributed by atoms with E-state index in [1.165, 1.54) is 32.1 Å². The van der Waals surface area contributed by atoms with Crippen molar-refractivity contribution in [3.8, 4) is 17.1 Å². The number of hydrogen-bond donors (Lipinski definition) is 1. The summed E-state index contributed by atoms with van der Waals surface area (Å²) in [7, 11) is 0. The summed E-state index contributed by atoms with van der Waals surface area (Å²) < 4.78 is 5.60. The van der Waals surface area contributed by atoms with E-state index in [-0.39, 0.29) is 11.0 Å². The number of rotatable bonds is 7. The zero-order valence-corrected chi connectivity index (χ0v) is 17.1. The molecule has 1 atom stereocenters. The first kappa shape index (κ1) is 20.1. The molecule has 0 saturated heterocycles. The van der Waals surface area contributed by atoms with E-state index in [4.69, 9.17) is 4.42 Å². The monoisotopic (exact) mass is 386 g/mol. The Morgan fingerprint density at radius 2 is 1.85 bits per heavy atom. The zero-order chi connectivity index (χ0) is 19.2. The molecule has 0 amide bonds. The molecular formula is C23H30O3S. The Morgan fingerprint density at radius 1 is 1.15 bits per heavy atom. The second-order valence-corrected chi connectivity index (χ2v) is 9.25. The van der Waals surface area contributed by atoms with Crippen molar-refractivity contribution in [2.45, 2.75) is 57.6 Å². The van der Waals surface area contributed by atoms with Crippen LogP contribution in [-0.4, -0.2) is 10.9 Å². The van der Waals surface area contributed by atoms with Crippen LogP contribution < -0.4 is 5.63 Å². The molecule has 1 aromatic carbocycles. The molecular weight excluding hydrogens is 356 g/mol. The number of thioether (sulfide) groups is 1. The Morgan fingerprint density at radius 3 is 2.48 bits per heavy atom. The van der Waals surface area contributed by atoms with Gasteiger partial charge < -0.3 is 9.52 Å². The quantitative estimate of drug-likeness (QED) is 0.597. The van der Waals surface area contributed by atoms with E-state index in [1.807, 2.05) is 42.1 Å². The molecule has 1 aromatic heterocycles. The lowest BCUT2D eigenvalue weighted by atomic mass is 9.91. The highest BCUT2D eigenvalue weighted by molar-refractivity contribution is 7.99. The summed E-state index contributed by atoms with van der Waals surface area (Å²) in [5.41, 5.74) is 0.826. The molecule has 3 rings (SSSR count). The molecule has 0 unspecified atom stereocenters. The van der Waals surface area contributed by atoms with E-state index >= 15 is 0 Å². The average Bonchev–Trinajstić information content (AvgIpc) is 2.66. The van der Waals surface area contributed by atoms with Gasteiger partial charge in [-0.3, -0.25) is 0 Å². The van der Waals surface area contributed by atoms with Gasteiger partial charge in [0.1, 0.15) is 11.5 Å². The summed E-state index contributed by atoms with van der Waals surface area (Å²) in [5.74, 6) is 2.71. The maximum atomic E-state index is 12.8. The van der Waals surface area contributed by atoms with Gasteiger partial charge in [-0.15, -0.1) is 0 Å². The van der Waals surface area contributed by atoms with Crippen LogP contribution in [0.3, 0.4) is 0 Å². The molecule has 146 valence electrons. The fraction of sp³-hybridized carbons (Fsp3) is 0.522. The van der Waals surface area contributed by atoms with Crippen LogP contribution in [0.15, 0.2) is 45.6 Å². The van der Waals surface area contributed by atoms with Crippen LogP contribution in [0.2, 0.25) is 0 Å². The third-order valence-corrected chi connectivity index (χ3v) is 6.78. The van der Waals surface area contributed by atoms with Crippen LogP contribution in [-0.2, 0) is 0 Å². The van der Waals surface area contributed by atoms with Gasteiger partial charge in [-0.2, -0.15) is 11.8 Å². The van der Waals surface area contributed by atoms with Gasteiger partial charge in [-0.05, 0) is 36.9 Å². The van der Waals surface area contributed by atoms with Crippen molar-refractivity contribution < 1.29 is 9.52 Å². The molecule has 4 heteroatoms. The Kier molecular flexibility index (Phi) is 7.06. The van der Waals surface area contributed by atoms with Crippen molar-refractivity contribution in [1.82, 2.24) is 0 Å². The van der Waals surface area contributed by atoms with Gasteiger partial charge in [0.25, 0.3) is 0 Å². The highest BCUT2D eigenvalue weighted by Gasteiger charge is 2.25. The average molecular weight is 387 g/mol. The maximum Gasteiger partial charge on any atom is 0.344 e. The highest BCUT2D eigenvalue weighted by atomic mass is 32.2. The molecule has 1 saturated carbocycles. The smallest absolute Gasteiger partial charge is 0.344 e. The minimum Gasteiger partial charge on any atom is -0.507 e. The molecule has 0 spiro atoms. The first-order valence-electron chi connectivity index (χ1n) is 10.1. The molecule has 1 N–H and O–H groups in total. The Bertz CT molecular complexity index is 776. The lowest BCUT2D eigenvalue weighted by Gasteiger charge is -2.25. The lowest BCUT2D eigenvalue weighted by Crippen LogP contribution is -2.16. The number of hydrogen-bond acceptors (Lipinski definition) is 4. The van der Waals surface area contributed by atoms with E-state index in [1.54, 1.807) is 6.07 Å². The Balaban J connectivity index is 1.83. The predicted octanol–water partition coefficient (Wildman–Crippen LogP) is 6.41. The zero-order valence-electron chi connectivity index (χ0n) is 16.3. The molecule has 0 aliphatic heterocycles. The molecule has 0 bridgehead atoms. The molecule has 1 aliphatic rings. The van der Waals surface area contributed by atoms with Gasteiger partial charge in [-0.25, -0.2) is 4.79 Å². The first-order chi connectivity index (χ1) is 13.0. The lowest BCUT2D eigenvalue weighted by molar-refractivity contribution is 0.390. The fourth-order valence-corrected chi connectivity index (χ4v) is 5.58. The normalized spacial score (nSPS) is 16.6. The standard InChI is InChI=1S/C23H30O3S/c1-16(2)13-21(27-15-17-9-5-3-6-10-17)22-19(24)14-20(26-23(22)25)18-11-7-4-8-12-18/h4,7-8,11-12,14,16-17,21,24H,3,5-6,9-10,13,15H2,1-2H3/t21-/m1/s1. The van der Waals surface area contributed by atoms with Gasteiger partial charge >= 0.3 is 5.63 Å². The second-order valence-electron chi connectivity index (χ2n) is 8.02. The van der Waals surface area contributed by atoms with Crippen molar-refractivity contribution in [2.75, 3.05) is 5.75 Å². The van der Waals surface area contributed by atoms with Crippen LogP contribution in [0.4, 0.5) is 0 Å². The second kappa shape index (κ2) is 9.50. The third-order valence-electron chi connectivity index (χ3n) is 5.29. The molecule has 2 aromatic rings. The molecule has 1 aliphatic carbocycles. The van der Waals surface area contributed by atoms with Crippen molar-refractivity contribution in [3.05, 3.63) is 52.4 Å². The number of benzene rings is 1. The maximum absolute atomic E-state index is 12.8. The van der Waals surface area contributed by atoms with Crippen molar-refractivity contribution in [3.63, 3.8) is 0 Å². The SMILES string of the molecule is CC(C)C[C@@H](SCC1CCCCC1)c1c(O)cc(-c2ccccc2)oc1=O. The first-order valence-corrected chi connectivity index (χ1v) is 11.1. The van der Waals surface area contributed by atoms with Gasteiger partial charge in [0.05, 0.1) is 5.56 Å². The van der Waals surface area contributed by atoms with Crippen LogP contribution in [0.1, 0.15) is 63.2 Å². The van der Waals surface area contributed by atoms with E-state index in [0.717, 1.165) is 23.7 Å². The summed E-state index contributed by atoms with van der Waals surface area (Å²) in [5, 5.41) is 10.7. The van der Waals surface area contributed by atoms with E-state index in [9.17, 15) is 9.90 Å². The fourth-order valence-electron chi connectivity index (χ4n) is 3.84. The van der Waals surface area contributed by atoms with Gasteiger partial charge in [0.2, 0.25) is 0 Å². The largest absolute Gasteiger partial charge is 0.507 e. The Hall–Kier alpha value is -1.68. The van der Waals surface area contributed by atoms with E-state index in [2.05, 4.69) is 13.8 Å². The van der Waals surface area contributed by atoms with Crippen molar-refractivity contribution in [2.24, 2.45) is 11.8 Å². The van der Waals surface area contributed by atoms with Crippen LogP contribution in [0.25, 0.3) is 11.3 Å². The molecule has 0 radical (unpaired) electrons. The van der Waals surface area contributed by atoms with Gasteiger partial charge in [0.15, 0.2) is 0 Å². The summed E-state index contributed by atoms with van der Waals surface area (Å²) >= 11 is 1.82. The topological polar surface area (TPSA) is 50.4 Å². The van der Waals surface area contributed by atoms with Crippen LogP contribution >= 0.6 is 11.8 Å². The third kappa shape index (κ3) is 5.41. The van der Waals surface area contributed by atoms with Crippen LogP contribution in [0, 0.1) is 11.8 Å². The molecule has 1 heterocycles. The molecule has 27 heavy (non-hydrogen) atoms. The van der Waals surface area contributed by atoms with E-state index < -0.39 is 5.63 Å². The Labute approximate surface area is 166 Å². The number of aromatic hydroxyl groups is 1. The summed E-state index contributed by atoms with van der Waals surface area (Å²) in [6, 6.07) is 11.0. The van der Waals surface area contributed by atoms with Crippen LogP contribution in [0.5, 0.6) is 5.75 Å². The van der Waals surface area contributed by atoms with E-state index in [0.29, 0.717) is 17.2 Å². The van der Waals surface area contributed by atoms with Crippen molar-refractivity contribution in [1.29, 1.82) is 0 Å².